The van der Waals surface area contributed by atoms with Crippen molar-refractivity contribution < 1.29 is 9.59 Å². The molecule has 1 heterocycles. The number of carbonyl (C=O) groups is 2. The first-order valence-electron chi connectivity index (χ1n) is 7.23. The third-order valence-corrected chi connectivity index (χ3v) is 5.16. The van der Waals surface area contributed by atoms with Crippen molar-refractivity contribution >= 4 is 45.8 Å². The molecule has 2 aromatic rings. The number of anilines is 1. The van der Waals surface area contributed by atoms with E-state index in [9.17, 15) is 9.59 Å². The van der Waals surface area contributed by atoms with Crippen molar-refractivity contribution in [2.24, 2.45) is 5.73 Å². The Bertz CT molecular complexity index is 794. The van der Waals surface area contributed by atoms with Gasteiger partial charge in [0, 0.05) is 16.0 Å². The molecule has 2 amide bonds. The Kier molecular flexibility index (Phi) is 4.50. The number of hydrogen-bond acceptors (Lipinski definition) is 3. The Morgan fingerprint density at radius 3 is 2.65 bits per heavy atom. The fourth-order valence-corrected chi connectivity index (χ4v) is 4.08. The van der Waals surface area contributed by atoms with Crippen LogP contribution in [0.3, 0.4) is 0 Å². The molecule has 6 heteroatoms. The van der Waals surface area contributed by atoms with E-state index in [-0.39, 0.29) is 5.91 Å². The Hall–Kier alpha value is -2.11. The van der Waals surface area contributed by atoms with E-state index in [4.69, 9.17) is 17.3 Å². The maximum Gasteiger partial charge on any atom is 0.251 e. The van der Waals surface area contributed by atoms with Gasteiger partial charge in [-0.2, -0.15) is 0 Å². The Labute approximate surface area is 143 Å². The lowest BCUT2D eigenvalue weighted by atomic mass is 10.1. The molecule has 4 nitrogen and oxygen atoms in total. The van der Waals surface area contributed by atoms with Gasteiger partial charge in [-0.3, -0.25) is 9.59 Å². The highest BCUT2D eigenvalue weighted by Gasteiger charge is 2.25. The molecule has 1 aliphatic carbocycles. The zero-order valence-electron chi connectivity index (χ0n) is 12.3. The molecule has 118 valence electrons. The first-order chi connectivity index (χ1) is 11.0. The summed E-state index contributed by atoms with van der Waals surface area (Å²) in [6.07, 6.45) is 5.94. The zero-order valence-corrected chi connectivity index (χ0v) is 13.8. The summed E-state index contributed by atoms with van der Waals surface area (Å²) >= 11 is 7.26. The first kappa shape index (κ1) is 15.8. The van der Waals surface area contributed by atoms with E-state index in [0.29, 0.717) is 15.6 Å². The van der Waals surface area contributed by atoms with Crippen molar-refractivity contribution in [3.05, 3.63) is 56.9 Å². The normalized spacial score (nSPS) is 13.3. The second kappa shape index (κ2) is 6.56. The Morgan fingerprint density at radius 2 is 1.96 bits per heavy atom. The molecule has 0 saturated carbocycles. The van der Waals surface area contributed by atoms with Crippen LogP contribution in [0, 0.1) is 0 Å². The van der Waals surface area contributed by atoms with E-state index in [0.717, 1.165) is 35.3 Å². The van der Waals surface area contributed by atoms with Gasteiger partial charge in [0.05, 0.1) is 5.56 Å². The molecule has 0 fully saturated rings. The van der Waals surface area contributed by atoms with Gasteiger partial charge in [0.25, 0.3) is 5.91 Å². The van der Waals surface area contributed by atoms with Gasteiger partial charge >= 0.3 is 0 Å². The summed E-state index contributed by atoms with van der Waals surface area (Å²) in [5.74, 6) is -0.774. The van der Waals surface area contributed by atoms with Crippen molar-refractivity contribution in [3.8, 4) is 0 Å². The quantitative estimate of drug-likeness (QED) is 0.829. The fraction of sp³-hybridized carbons (Fsp3) is 0.176. The zero-order chi connectivity index (χ0) is 16.4. The van der Waals surface area contributed by atoms with Crippen LogP contribution in [0.1, 0.15) is 32.8 Å². The predicted molar refractivity (Wildman–Crippen MR) is 94.0 cm³/mol. The average molecular weight is 347 g/mol. The molecule has 0 unspecified atom stereocenters. The van der Waals surface area contributed by atoms with Crippen LogP contribution in [-0.2, 0) is 17.6 Å². The summed E-state index contributed by atoms with van der Waals surface area (Å²) in [6.45, 7) is 0. The highest BCUT2D eigenvalue weighted by molar-refractivity contribution is 7.17. The molecule has 0 atom stereocenters. The average Bonchev–Trinajstić information content (AvgIpc) is 3.06. The van der Waals surface area contributed by atoms with Crippen molar-refractivity contribution in [1.29, 1.82) is 0 Å². The largest absolute Gasteiger partial charge is 0.365 e. The van der Waals surface area contributed by atoms with Crippen LogP contribution in [0.4, 0.5) is 5.00 Å². The smallest absolute Gasteiger partial charge is 0.251 e. The number of halogens is 1. The number of rotatable bonds is 4. The van der Waals surface area contributed by atoms with Gasteiger partial charge in [-0.05, 0) is 48.6 Å². The monoisotopic (exact) mass is 346 g/mol. The predicted octanol–water partition coefficient (Wildman–Crippen LogP) is 3.64. The number of fused-ring (bicyclic) bond motifs is 1. The molecule has 1 aromatic carbocycles. The van der Waals surface area contributed by atoms with Crippen LogP contribution in [-0.4, -0.2) is 11.8 Å². The molecule has 0 saturated heterocycles. The molecular formula is C17H15ClN2O2S. The van der Waals surface area contributed by atoms with Crippen molar-refractivity contribution in [3.63, 3.8) is 0 Å². The molecule has 0 radical (unpaired) electrons. The lowest BCUT2D eigenvalue weighted by Crippen LogP contribution is -2.16. The number of hydrogen-bond donors (Lipinski definition) is 2. The van der Waals surface area contributed by atoms with Crippen LogP contribution in [0.15, 0.2) is 30.3 Å². The minimum atomic E-state index is -0.485. The van der Waals surface area contributed by atoms with Gasteiger partial charge in [0.1, 0.15) is 5.00 Å². The Morgan fingerprint density at radius 1 is 1.22 bits per heavy atom. The third-order valence-electron chi connectivity index (χ3n) is 3.70. The standard InChI is InChI=1S/C17H15ClN2O2S/c18-11-7-4-10(5-8-11)6-9-14(21)20-17-15(16(19)22)12-2-1-3-13(12)23-17/h4-9H,1-3H2,(H2,19,22)(H,20,21)/b9-6+. The van der Waals surface area contributed by atoms with Crippen LogP contribution in [0.2, 0.25) is 5.02 Å². The number of amides is 2. The maximum atomic E-state index is 12.1. The lowest BCUT2D eigenvalue weighted by Gasteiger charge is -2.03. The van der Waals surface area contributed by atoms with Gasteiger partial charge in [-0.1, -0.05) is 23.7 Å². The third kappa shape index (κ3) is 3.46. The molecular weight excluding hydrogens is 332 g/mol. The second-order valence-electron chi connectivity index (χ2n) is 5.30. The van der Waals surface area contributed by atoms with E-state index in [2.05, 4.69) is 5.32 Å². The number of thiophene rings is 1. The van der Waals surface area contributed by atoms with Gasteiger partial charge in [0.15, 0.2) is 0 Å². The van der Waals surface area contributed by atoms with E-state index in [1.165, 1.54) is 17.4 Å². The van der Waals surface area contributed by atoms with Crippen LogP contribution < -0.4 is 11.1 Å². The second-order valence-corrected chi connectivity index (χ2v) is 6.84. The summed E-state index contributed by atoms with van der Waals surface area (Å²) in [7, 11) is 0. The molecule has 23 heavy (non-hydrogen) atoms. The number of nitrogens with one attached hydrogen (secondary N) is 1. The minimum absolute atomic E-state index is 0.289. The van der Waals surface area contributed by atoms with Crippen molar-refractivity contribution in [2.45, 2.75) is 19.3 Å². The summed E-state index contributed by atoms with van der Waals surface area (Å²) in [6, 6.07) is 7.16. The molecule has 1 aromatic heterocycles. The molecule has 0 bridgehead atoms. The summed E-state index contributed by atoms with van der Waals surface area (Å²) < 4.78 is 0. The maximum absolute atomic E-state index is 12.1. The summed E-state index contributed by atoms with van der Waals surface area (Å²) in [4.78, 5) is 24.9. The number of primary amides is 1. The summed E-state index contributed by atoms with van der Waals surface area (Å²) in [5.41, 5.74) is 7.81. The number of aryl methyl sites for hydroxylation is 1. The molecule has 0 aliphatic heterocycles. The lowest BCUT2D eigenvalue weighted by molar-refractivity contribution is -0.111. The topological polar surface area (TPSA) is 72.2 Å². The molecule has 3 rings (SSSR count). The number of carbonyl (C=O) groups excluding carboxylic acids is 2. The highest BCUT2D eigenvalue weighted by atomic mass is 35.5. The first-order valence-corrected chi connectivity index (χ1v) is 8.43. The van der Waals surface area contributed by atoms with Gasteiger partial charge in [-0.25, -0.2) is 0 Å². The van der Waals surface area contributed by atoms with Crippen molar-refractivity contribution in [1.82, 2.24) is 0 Å². The van der Waals surface area contributed by atoms with Gasteiger partial charge < -0.3 is 11.1 Å². The van der Waals surface area contributed by atoms with Crippen LogP contribution in [0.5, 0.6) is 0 Å². The SMILES string of the molecule is NC(=O)c1c(NC(=O)/C=C/c2ccc(Cl)cc2)sc2c1CCC2. The van der Waals surface area contributed by atoms with Gasteiger partial charge in [0.2, 0.25) is 5.91 Å². The minimum Gasteiger partial charge on any atom is -0.365 e. The Balaban J connectivity index is 1.76. The number of nitrogens with two attached hydrogens (primary N) is 1. The molecule has 3 N–H and O–H groups in total. The van der Waals surface area contributed by atoms with E-state index >= 15 is 0 Å². The van der Waals surface area contributed by atoms with E-state index in [1.54, 1.807) is 18.2 Å². The fourth-order valence-electron chi connectivity index (χ4n) is 2.65. The number of benzene rings is 1. The molecule has 1 aliphatic rings. The van der Waals surface area contributed by atoms with Crippen molar-refractivity contribution in [2.75, 3.05) is 5.32 Å². The van der Waals surface area contributed by atoms with Crippen LogP contribution in [0.25, 0.3) is 6.08 Å². The van der Waals surface area contributed by atoms with E-state index < -0.39 is 5.91 Å². The van der Waals surface area contributed by atoms with Crippen LogP contribution >= 0.6 is 22.9 Å². The van der Waals surface area contributed by atoms with Gasteiger partial charge in [-0.15, -0.1) is 11.3 Å². The highest BCUT2D eigenvalue weighted by Crippen LogP contribution is 2.38. The summed E-state index contributed by atoms with van der Waals surface area (Å²) in [5, 5.41) is 3.96. The molecule has 0 spiro atoms. The van der Waals surface area contributed by atoms with E-state index in [1.807, 2.05) is 12.1 Å².